The van der Waals surface area contributed by atoms with E-state index in [1.807, 2.05) is 42.5 Å². The van der Waals surface area contributed by atoms with Crippen molar-refractivity contribution >= 4 is 85.4 Å². The van der Waals surface area contributed by atoms with Crippen molar-refractivity contribution in [2.45, 2.75) is 6.61 Å². The van der Waals surface area contributed by atoms with Crippen LogP contribution in [0.4, 0.5) is 10.1 Å². The quantitative estimate of drug-likeness (QED) is 0.172. The molecular formula is C23H14FI3N2O2. The van der Waals surface area contributed by atoms with Crippen LogP contribution < -0.4 is 10.1 Å². The number of nitrogens with one attached hydrogen (secondary N) is 1. The van der Waals surface area contributed by atoms with E-state index in [-0.39, 0.29) is 11.3 Å². The molecule has 0 aliphatic rings. The number of amides is 1. The average molecular weight is 750 g/mol. The zero-order valence-corrected chi connectivity index (χ0v) is 22.3. The second-order valence-corrected chi connectivity index (χ2v) is 9.90. The molecule has 0 aliphatic carbocycles. The van der Waals surface area contributed by atoms with Gasteiger partial charge in [0.15, 0.2) is 0 Å². The van der Waals surface area contributed by atoms with Crippen LogP contribution in [0.25, 0.3) is 6.08 Å². The predicted molar refractivity (Wildman–Crippen MR) is 144 cm³/mol. The molecule has 1 N–H and O–H groups in total. The summed E-state index contributed by atoms with van der Waals surface area (Å²) in [4.78, 5) is 12.4. The van der Waals surface area contributed by atoms with Gasteiger partial charge in [0, 0.05) is 3.57 Å². The lowest BCUT2D eigenvalue weighted by Crippen LogP contribution is -2.14. The van der Waals surface area contributed by atoms with Gasteiger partial charge in [0.2, 0.25) is 0 Å². The van der Waals surface area contributed by atoms with Gasteiger partial charge in [-0.25, -0.2) is 4.39 Å². The highest BCUT2D eigenvalue weighted by molar-refractivity contribution is 14.1. The Balaban J connectivity index is 1.78. The summed E-state index contributed by atoms with van der Waals surface area (Å²) in [6.45, 7) is 0.437. The van der Waals surface area contributed by atoms with Crippen LogP contribution in [-0.2, 0) is 11.4 Å². The number of hydrogen-bond acceptors (Lipinski definition) is 3. The zero-order valence-electron chi connectivity index (χ0n) is 15.8. The van der Waals surface area contributed by atoms with Crippen molar-refractivity contribution in [3.8, 4) is 11.8 Å². The van der Waals surface area contributed by atoms with Crippen molar-refractivity contribution in [3.05, 3.63) is 93.9 Å². The summed E-state index contributed by atoms with van der Waals surface area (Å²) in [5, 5.41) is 11.9. The second-order valence-electron chi connectivity index (χ2n) is 6.33. The fourth-order valence-corrected chi connectivity index (χ4v) is 5.09. The first-order chi connectivity index (χ1) is 14.9. The topological polar surface area (TPSA) is 62.1 Å². The molecule has 8 heteroatoms. The summed E-state index contributed by atoms with van der Waals surface area (Å²) in [5.74, 6) is -0.491. The van der Waals surface area contributed by atoms with Crippen LogP contribution in [0.5, 0.6) is 5.75 Å². The Labute approximate surface area is 220 Å². The molecule has 0 saturated carbocycles. The number of hydrogen-bond donors (Lipinski definition) is 1. The molecule has 1 amide bonds. The first-order valence-corrected chi connectivity index (χ1v) is 12.1. The molecule has 0 unspecified atom stereocenters. The van der Waals surface area contributed by atoms with Gasteiger partial charge in [0.25, 0.3) is 5.91 Å². The highest BCUT2D eigenvalue weighted by Crippen LogP contribution is 2.30. The average Bonchev–Trinajstić information content (AvgIpc) is 2.74. The molecule has 0 aliphatic heterocycles. The van der Waals surface area contributed by atoms with Gasteiger partial charge in [-0.15, -0.1) is 0 Å². The highest BCUT2D eigenvalue weighted by atomic mass is 127. The van der Waals surface area contributed by atoms with Crippen molar-refractivity contribution in [3.63, 3.8) is 0 Å². The SMILES string of the molecule is N#C/C(=C/c1cc(I)c(OCc2ccc(I)cc2)c(I)c1)C(=O)Nc1ccccc1F. The third-order valence-corrected chi connectivity index (χ3v) is 6.44. The molecule has 3 aromatic rings. The van der Waals surface area contributed by atoms with E-state index in [9.17, 15) is 14.4 Å². The van der Waals surface area contributed by atoms with Gasteiger partial charge in [0.05, 0.1) is 12.8 Å². The van der Waals surface area contributed by atoms with E-state index in [4.69, 9.17) is 4.74 Å². The first-order valence-electron chi connectivity index (χ1n) is 8.91. The van der Waals surface area contributed by atoms with Crippen molar-refractivity contribution in [2.75, 3.05) is 5.32 Å². The number of halogens is 4. The molecule has 0 heterocycles. The van der Waals surface area contributed by atoms with E-state index < -0.39 is 11.7 Å². The van der Waals surface area contributed by atoms with E-state index in [0.29, 0.717) is 12.2 Å². The van der Waals surface area contributed by atoms with Gasteiger partial charge < -0.3 is 10.1 Å². The maximum absolute atomic E-state index is 13.8. The summed E-state index contributed by atoms with van der Waals surface area (Å²) in [6.07, 6.45) is 1.48. The molecule has 0 radical (unpaired) electrons. The van der Waals surface area contributed by atoms with Crippen LogP contribution in [0.1, 0.15) is 11.1 Å². The molecule has 3 rings (SSSR count). The Kier molecular flexibility index (Phi) is 8.67. The summed E-state index contributed by atoms with van der Waals surface area (Å²) < 4.78 is 22.6. The van der Waals surface area contributed by atoms with Gasteiger partial charge in [-0.1, -0.05) is 24.3 Å². The number of nitrogens with zero attached hydrogens (tertiary/aromatic N) is 1. The first kappa shape index (κ1) is 23.9. The maximum atomic E-state index is 13.8. The van der Waals surface area contributed by atoms with E-state index in [1.165, 1.54) is 24.3 Å². The number of carbonyl (C=O) groups excluding carboxylic acids is 1. The third kappa shape index (κ3) is 6.63. The second kappa shape index (κ2) is 11.2. The number of nitriles is 1. The van der Waals surface area contributed by atoms with E-state index >= 15 is 0 Å². The molecule has 0 fully saturated rings. The standard InChI is InChI=1S/C23H14FI3N2O2/c24-18-3-1-2-4-21(18)29-23(30)16(12-28)9-15-10-19(26)22(20(27)11-15)31-13-14-5-7-17(25)8-6-14/h1-11H,13H2,(H,29,30)/b16-9-. The molecule has 0 atom stereocenters. The van der Waals surface area contributed by atoms with Gasteiger partial charge in [0.1, 0.15) is 29.8 Å². The lowest BCUT2D eigenvalue weighted by Gasteiger charge is -2.12. The molecule has 0 bridgehead atoms. The summed E-state index contributed by atoms with van der Waals surface area (Å²) >= 11 is 6.59. The number of carbonyl (C=O) groups is 1. The van der Waals surface area contributed by atoms with Gasteiger partial charge >= 0.3 is 0 Å². The third-order valence-electron chi connectivity index (χ3n) is 4.12. The Morgan fingerprint density at radius 2 is 1.71 bits per heavy atom. The molecule has 0 saturated heterocycles. The largest absolute Gasteiger partial charge is 0.487 e. The van der Waals surface area contributed by atoms with Crippen LogP contribution in [0.15, 0.2) is 66.2 Å². The van der Waals surface area contributed by atoms with Crippen molar-refractivity contribution in [1.29, 1.82) is 5.26 Å². The van der Waals surface area contributed by atoms with Crippen LogP contribution in [0, 0.1) is 27.9 Å². The van der Waals surface area contributed by atoms with E-state index in [2.05, 4.69) is 73.1 Å². The molecule has 0 aromatic heterocycles. The molecule has 0 spiro atoms. The Morgan fingerprint density at radius 1 is 1.06 bits per heavy atom. The van der Waals surface area contributed by atoms with Crippen LogP contribution in [0.3, 0.4) is 0 Å². The van der Waals surface area contributed by atoms with Gasteiger partial charge in [-0.3, -0.25) is 4.79 Å². The number of para-hydroxylation sites is 1. The van der Waals surface area contributed by atoms with Crippen LogP contribution in [0.2, 0.25) is 0 Å². The Hall–Kier alpha value is -1.72. The fourth-order valence-electron chi connectivity index (χ4n) is 2.60. The zero-order chi connectivity index (χ0) is 22.4. The summed E-state index contributed by atoms with van der Waals surface area (Å²) in [6, 6.07) is 19.5. The monoisotopic (exact) mass is 750 g/mol. The van der Waals surface area contributed by atoms with Crippen LogP contribution >= 0.6 is 67.8 Å². The molecule has 4 nitrogen and oxygen atoms in total. The Morgan fingerprint density at radius 3 is 2.32 bits per heavy atom. The predicted octanol–water partition coefficient (Wildman–Crippen LogP) is 6.76. The van der Waals surface area contributed by atoms with Gasteiger partial charge in [-0.05, 0) is 121 Å². The minimum atomic E-state index is -0.670. The number of rotatable bonds is 6. The fraction of sp³-hybridized carbons (Fsp3) is 0.0435. The molecular weight excluding hydrogens is 736 g/mol. The van der Waals surface area contributed by atoms with Crippen molar-refractivity contribution < 1.29 is 13.9 Å². The molecule has 156 valence electrons. The Bertz CT molecular complexity index is 1170. The van der Waals surface area contributed by atoms with E-state index in [0.717, 1.165) is 22.0 Å². The van der Waals surface area contributed by atoms with Gasteiger partial charge in [-0.2, -0.15) is 5.26 Å². The summed E-state index contributed by atoms with van der Waals surface area (Å²) in [5.41, 5.74) is 1.64. The molecule has 31 heavy (non-hydrogen) atoms. The van der Waals surface area contributed by atoms with E-state index in [1.54, 1.807) is 6.07 Å². The minimum absolute atomic E-state index is 0.0251. The lowest BCUT2D eigenvalue weighted by molar-refractivity contribution is -0.112. The maximum Gasteiger partial charge on any atom is 0.266 e. The van der Waals surface area contributed by atoms with Crippen molar-refractivity contribution in [1.82, 2.24) is 0 Å². The minimum Gasteiger partial charge on any atom is -0.487 e. The number of ether oxygens (including phenoxy) is 1. The number of benzene rings is 3. The smallest absolute Gasteiger partial charge is 0.266 e. The van der Waals surface area contributed by atoms with Crippen LogP contribution in [-0.4, -0.2) is 5.91 Å². The highest BCUT2D eigenvalue weighted by Gasteiger charge is 2.14. The summed E-state index contributed by atoms with van der Waals surface area (Å²) in [7, 11) is 0. The van der Waals surface area contributed by atoms with Crippen molar-refractivity contribution in [2.24, 2.45) is 0 Å². The number of anilines is 1. The normalized spacial score (nSPS) is 11.0. The lowest BCUT2D eigenvalue weighted by atomic mass is 10.1. The molecule has 3 aromatic carbocycles.